The lowest BCUT2D eigenvalue weighted by Crippen LogP contribution is -2.51. The van der Waals surface area contributed by atoms with E-state index in [4.69, 9.17) is 23.2 Å². The maximum absolute atomic E-state index is 14.3. The van der Waals surface area contributed by atoms with Crippen molar-refractivity contribution in [2.24, 2.45) is 0 Å². The molecule has 0 saturated heterocycles. The second-order valence-corrected chi connectivity index (χ2v) is 8.78. The molecule has 2 aromatic rings. The molecule has 31 heavy (non-hydrogen) atoms. The van der Waals surface area contributed by atoms with Crippen LogP contribution >= 0.6 is 23.2 Å². The van der Waals surface area contributed by atoms with Crippen LogP contribution in [-0.2, 0) is 22.6 Å². The van der Waals surface area contributed by atoms with Gasteiger partial charge in [-0.15, -0.1) is 0 Å². The van der Waals surface area contributed by atoms with E-state index < -0.39 is 11.9 Å². The third-order valence-electron chi connectivity index (χ3n) is 5.74. The van der Waals surface area contributed by atoms with Crippen molar-refractivity contribution in [2.75, 3.05) is 0 Å². The number of benzene rings is 2. The minimum absolute atomic E-state index is 0.140. The Morgan fingerprint density at radius 3 is 2.42 bits per heavy atom. The molecule has 2 amide bonds. The van der Waals surface area contributed by atoms with Crippen molar-refractivity contribution in [3.05, 3.63) is 69.5 Å². The first-order valence-corrected chi connectivity index (χ1v) is 11.4. The molecule has 1 aliphatic rings. The van der Waals surface area contributed by atoms with Gasteiger partial charge in [0, 0.05) is 28.2 Å². The number of nitrogens with one attached hydrogen (secondary N) is 1. The largest absolute Gasteiger partial charge is 0.352 e. The SMILES string of the molecule is CCC(C(=O)NC1CCCC1)N(Cc1ccc(Cl)cc1)C(=O)Cc1c(F)cccc1Cl. The molecule has 1 saturated carbocycles. The lowest BCUT2D eigenvalue weighted by Gasteiger charge is -2.31. The van der Waals surface area contributed by atoms with Crippen molar-refractivity contribution in [2.45, 2.75) is 64.1 Å². The zero-order chi connectivity index (χ0) is 22.4. The number of nitrogens with zero attached hydrogens (tertiary/aromatic N) is 1. The summed E-state index contributed by atoms with van der Waals surface area (Å²) in [5.41, 5.74) is 0.978. The van der Waals surface area contributed by atoms with Crippen LogP contribution in [0.5, 0.6) is 0 Å². The third-order valence-corrected chi connectivity index (χ3v) is 6.35. The average molecular weight is 465 g/mol. The Morgan fingerprint density at radius 1 is 1.13 bits per heavy atom. The fraction of sp³-hybridized carbons (Fsp3) is 0.417. The van der Waals surface area contributed by atoms with Crippen molar-refractivity contribution in [1.82, 2.24) is 10.2 Å². The average Bonchev–Trinajstić information content (AvgIpc) is 3.25. The summed E-state index contributed by atoms with van der Waals surface area (Å²) in [7, 11) is 0. The maximum Gasteiger partial charge on any atom is 0.243 e. The fourth-order valence-electron chi connectivity index (χ4n) is 4.03. The van der Waals surface area contributed by atoms with Crippen molar-refractivity contribution < 1.29 is 14.0 Å². The quantitative estimate of drug-likeness (QED) is 0.557. The Kier molecular flexibility index (Phi) is 8.33. The summed E-state index contributed by atoms with van der Waals surface area (Å²) in [6, 6.07) is 11.0. The van der Waals surface area contributed by atoms with E-state index in [0.717, 1.165) is 31.2 Å². The van der Waals surface area contributed by atoms with E-state index >= 15 is 0 Å². The van der Waals surface area contributed by atoms with E-state index in [1.54, 1.807) is 18.2 Å². The number of carbonyl (C=O) groups excluding carboxylic acids is 2. The van der Waals surface area contributed by atoms with Crippen molar-refractivity contribution >= 4 is 35.0 Å². The molecule has 0 aromatic heterocycles. The highest BCUT2D eigenvalue weighted by atomic mass is 35.5. The van der Waals surface area contributed by atoms with E-state index in [0.29, 0.717) is 11.4 Å². The zero-order valence-electron chi connectivity index (χ0n) is 17.5. The van der Waals surface area contributed by atoms with E-state index in [2.05, 4.69) is 5.32 Å². The predicted molar refractivity (Wildman–Crippen MR) is 122 cm³/mol. The molecule has 166 valence electrons. The van der Waals surface area contributed by atoms with Crippen LogP contribution in [0, 0.1) is 5.82 Å². The van der Waals surface area contributed by atoms with Gasteiger partial charge < -0.3 is 10.2 Å². The van der Waals surface area contributed by atoms with Crippen LogP contribution in [0.4, 0.5) is 4.39 Å². The summed E-state index contributed by atoms with van der Waals surface area (Å²) in [6.07, 6.45) is 4.34. The van der Waals surface area contributed by atoms with Gasteiger partial charge in [0.25, 0.3) is 0 Å². The first kappa shape index (κ1) is 23.6. The molecule has 0 heterocycles. The Hall–Kier alpha value is -2.11. The standard InChI is InChI=1S/C24H27Cl2FN2O2/c1-2-22(24(31)28-18-6-3-4-7-18)29(15-16-10-12-17(25)13-11-16)23(30)14-19-20(26)8-5-9-21(19)27/h5,8-13,18,22H,2-4,6-7,14-15H2,1H3,(H,28,31). The topological polar surface area (TPSA) is 49.4 Å². The van der Waals surface area contributed by atoms with Crippen molar-refractivity contribution in [3.8, 4) is 0 Å². The molecular weight excluding hydrogens is 438 g/mol. The van der Waals surface area contributed by atoms with Gasteiger partial charge in [0.15, 0.2) is 0 Å². The number of hydrogen-bond donors (Lipinski definition) is 1. The van der Waals surface area contributed by atoms with Gasteiger partial charge in [-0.2, -0.15) is 0 Å². The second-order valence-electron chi connectivity index (χ2n) is 7.94. The Morgan fingerprint density at radius 2 is 1.81 bits per heavy atom. The number of halogens is 3. The molecule has 1 aliphatic carbocycles. The molecule has 1 unspecified atom stereocenters. The zero-order valence-corrected chi connectivity index (χ0v) is 19.1. The predicted octanol–water partition coefficient (Wildman–Crippen LogP) is 5.54. The normalized spacial score (nSPS) is 15.0. The molecule has 3 rings (SSSR count). The summed E-state index contributed by atoms with van der Waals surface area (Å²) in [5, 5.41) is 3.88. The second kappa shape index (κ2) is 11.0. The van der Waals surface area contributed by atoms with Gasteiger partial charge in [-0.25, -0.2) is 4.39 Å². The van der Waals surface area contributed by atoms with Gasteiger partial charge in [-0.1, -0.05) is 61.2 Å². The molecule has 2 aromatic carbocycles. The third kappa shape index (κ3) is 6.20. The summed E-state index contributed by atoms with van der Waals surface area (Å²) >= 11 is 12.1. The van der Waals surface area contributed by atoms with Crippen molar-refractivity contribution in [3.63, 3.8) is 0 Å². The molecule has 0 bridgehead atoms. The van der Waals surface area contributed by atoms with Crippen LogP contribution in [0.15, 0.2) is 42.5 Å². The summed E-state index contributed by atoms with van der Waals surface area (Å²) in [6.45, 7) is 2.09. The minimum Gasteiger partial charge on any atom is -0.352 e. The van der Waals surface area contributed by atoms with Crippen LogP contribution in [0.25, 0.3) is 0 Å². The van der Waals surface area contributed by atoms with Crippen molar-refractivity contribution in [1.29, 1.82) is 0 Å². The Balaban J connectivity index is 1.85. The lowest BCUT2D eigenvalue weighted by atomic mass is 10.1. The fourth-order valence-corrected chi connectivity index (χ4v) is 4.38. The van der Waals surface area contributed by atoms with Crippen LogP contribution in [0.1, 0.15) is 50.2 Å². The van der Waals surface area contributed by atoms with Crippen LogP contribution in [0.2, 0.25) is 10.0 Å². The first-order chi connectivity index (χ1) is 14.9. The minimum atomic E-state index is -0.658. The molecule has 4 nitrogen and oxygen atoms in total. The lowest BCUT2D eigenvalue weighted by molar-refractivity contribution is -0.141. The van der Waals surface area contributed by atoms with Gasteiger partial charge in [-0.05, 0) is 49.1 Å². The smallest absolute Gasteiger partial charge is 0.243 e. The van der Waals surface area contributed by atoms with Crippen LogP contribution in [-0.4, -0.2) is 28.8 Å². The summed E-state index contributed by atoms with van der Waals surface area (Å²) in [4.78, 5) is 27.9. The summed E-state index contributed by atoms with van der Waals surface area (Å²) in [5.74, 6) is -1.05. The van der Waals surface area contributed by atoms with Gasteiger partial charge in [0.1, 0.15) is 11.9 Å². The number of amides is 2. The maximum atomic E-state index is 14.3. The Bertz CT molecular complexity index is 894. The van der Waals surface area contributed by atoms with Gasteiger partial charge in [-0.3, -0.25) is 9.59 Å². The highest BCUT2D eigenvalue weighted by Crippen LogP contribution is 2.23. The molecule has 1 fully saturated rings. The van der Waals surface area contributed by atoms with E-state index in [1.165, 1.54) is 17.0 Å². The highest BCUT2D eigenvalue weighted by molar-refractivity contribution is 6.31. The number of carbonyl (C=O) groups is 2. The van der Waals surface area contributed by atoms with Gasteiger partial charge in [0.05, 0.1) is 6.42 Å². The molecule has 0 radical (unpaired) electrons. The number of rotatable bonds is 8. The van der Waals surface area contributed by atoms with Gasteiger partial charge >= 0.3 is 0 Å². The molecular formula is C24H27Cl2FN2O2. The van der Waals surface area contributed by atoms with Crippen LogP contribution < -0.4 is 5.32 Å². The van der Waals surface area contributed by atoms with E-state index in [9.17, 15) is 14.0 Å². The highest BCUT2D eigenvalue weighted by Gasteiger charge is 2.31. The number of hydrogen-bond acceptors (Lipinski definition) is 2. The van der Waals surface area contributed by atoms with E-state index in [-0.39, 0.29) is 41.4 Å². The molecule has 1 N–H and O–H groups in total. The van der Waals surface area contributed by atoms with Gasteiger partial charge in [0.2, 0.25) is 11.8 Å². The first-order valence-electron chi connectivity index (χ1n) is 10.7. The Labute approximate surface area is 192 Å². The summed E-state index contributed by atoms with van der Waals surface area (Å²) < 4.78 is 14.3. The van der Waals surface area contributed by atoms with Crippen LogP contribution in [0.3, 0.4) is 0 Å². The molecule has 7 heteroatoms. The molecule has 1 atom stereocenters. The van der Waals surface area contributed by atoms with E-state index in [1.807, 2.05) is 19.1 Å². The molecule has 0 spiro atoms. The monoisotopic (exact) mass is 464 g/mol. The molecule has 0 aliphatic heterocycles.